The van der Waals surface area contributed by atoms with E-state index in [2.05, 4.69) is 25.9 Å². The molecule has 0 aliphatic rings. The van der Waals surface area contributed by atoms with Gasteiger partial charge in [-0.3, -0.25) is 4.79 Å². The van der Waals surface area contributed by atoms with E-state index >= 15 is 0 Å². The van der Waals surface area contributed by atoms with E-state index in [1.54, 1.807) is 38.3 Å². The number of hydrogen-bond acceptors (Lipinski definition) is 3. The molecule has 0 bridgehead atoms. The maximum Gasteiger partial charge on any atom is 0.159 e. The van der Waals surface area contributed by atoms with Crippen LogP contribution < -0.4 is 4.74 Å². The molecule has 1 rings (SSSR count). The molecule has 16 heavy (non-hydrogen) atoms. The largest absolute Gasteiger partial charge is 0.497 e. The molecule has 0 aliphatic carbocycles. The molecule has 0 aliphatic heterocycles. The second kappa shape index (κ2) is 7.88. The van der Waals surface area contributed by atoms with E-state index in [0.717, 1.165) is 12.3 Å². The smallest absolute Gasteiger partial charge is 0.159 e. The number of carbonyl (C=O) groups excluding carboxylic acids is 1. The minimum atomic E-state index is 0.0765. The van der Waals surface area contributed by atoms with Crippen LogP contribution in [-0.4, -0.2) is 38.4 Å². The summed E-state index contributed by atoms with van der Waals surface area (Å²) in [6, 6.07) is 7.05. The average molecular weight is 223 g/mol. The van der Waals surface area contributed by atoms with Crippen molar-refractivity contribution in [3.8, 4) is 5.75 Å². The van der Waals surface area contributed by atoms with Crippen molar-refractivity contribution in [3.05, 3.63) is 29.8 Å². The van der Waals surface area contributed by atoms with Crippen molar-refractivity contribution < 1.29 is 9.53 Å². The molecule has 3 heteroatoms. The molecule has 1 aromatic carbocycles. The third-order valence-electron chi connectivity index (χ3n) is 2.13. The SMILES string of the molecule is CCN(C)C.COc1ccc(C(C)=O)cc1. The maximum absolute atomic E-state index is 10.8. The van der Waals surface area contributed by atoms with Crippen molar-refractivity contribution in [2.24, 2.45) is 0 Å². The molecule has 0 radical (unpaired) electrons. The van der Waals surface area contributed by atoms with Crippen LogP contribution in [0.15, 0.2) is 24.3 Å². The number of nitrogens with zero attached hydrogens (tertiary/aromatic N) is 1. The second-order valence-electron chi connectivity index (χ2n) is 3.68. The first-order valence-electron chi connectivity index (χ1n) is 5.31. The molecule has 1 aromatic rings. The minimum Gasteiger partial charge on any atom is -0.497 e. The fourth-order valence-corrected chi connectivity index (χ4v) is 0.826. The zero-order chi connectivity index (χ0) is 12.6. The fourth-order valence-electron chi connectivity index (χ4n) is 0.826. The van der Waals surface area contributed by atoms with Gasteiger partial charge < -0.3 is 9.64 Å². The molecule has 0 unspecified atom stereocenters. The van der Waals surface area contributed by atoms with Crippen LogP contribution in [0, 0.1) is 0 Å². The lowest BCUT2D eigenvalue weighted by Gasteiger charge is -2.00. The van der Waals surface area contributed by atoms with Gasteiger partial charge in [0.05, 0.1) is 7.11 Å². The lowest BCUT2D eigenvalue weighted by atomic mass is 10.1. The number of rotatable bonds is 3. The van der Waals surface area contributed by atoms with E-state index in [4.69, 9.17) is 4.74 Å². The number of carbonyl (C=O) groups is 1. The first kappa shape index (κ1) is 14.6. The Morgan fingerprint density at radius 3 is 1.94 bits per heavy atom. The highest BCUT2D eigenvalue weighted by atomic mass is 16.5. The van der Waals surface area contributed by atoms with Gasteiger partial charge in [-0.1, -0.05) is 6.92 Å². The number of ether oxygens (including phenoxy) is 1. The summed E-state index contributed by atoms with van der Waals surface area (Å²) in [6.07, 6.45) is 0. The molecule has 0 heterocycles. The van der Waals surface area contributed by atoms with Gasteiger partial charge in [0.2, 0.25) is 0 Å². The third kappa shape index (κ3) is 6.19. The Balaban J connectivity index is 0.000000385. The lowest BCUT2D eigenvalue weighted by Crippen LogP contribution is -2.08. The van der Waals surface area contributed by atoms with Crippen molar-refractivity contribution in [2.45, 2.75) is 13.8 Å². The van der Waals surface area contributed by atoms with Gasteiger partial charge in [-0.05, 0) is 51.8 Å². The van der Waals surface area contributed by atoms with Crippen LogP contribution in [0.25, 0.3) is 0 Å². The van der Waals surface area contributed by atoms with Crippen molar-refractivity contribution in [1.82, 2.24) is 4.90 Å². The molecule has 0 atom stereocenters. The Morgan fingerprint density at radius 2 is 1.69 bits per heavy atom. The van der Waals surface area contributed by atoms with Crippen LogP contribution in [0.2, 0.25) is 0 Å². The van der Waals surface area contributed by atoms with Crippen molar-refractivity contribution in [1.29, 1.82) is 0 Å². The molecule has 0 aromatic heterocycles. The number of Topliss-reactive ketones (excluding diaryl/α,β-unsaturated/α-hetero) is 1. The summed E-state index contributed by atoms with van der Waals surface area (Å²) in [5.74, 6) is 0.850. The normalized spacial score (nSPS) is 9.38. The average Bonchev–Trinajstić information content (AvgIpc) is 2.29. The van der Waals surface area contributed by atoms with E-state index in [1.807, 2.05) is 0 Å². The van der Waals surface area contributed by atoms with Gasteiger partial charge in [0.15, 0.2) is 5.78 Å². The van der Waals surface area contributed by atoms with Crippen LogP contribution in [0.1, 0.15) is 24.2 Å². The molecule has 0 N–H and O–H groups in total. The second-order valence-corrected chi connectivity index (χ2v) is 3.68. The van der Waals surface area contributed by atoms with Crippen LogP contribution in [0.5, 0.6) is 5.75 Å². The van der Waals surface area contributed by atoms with Gasteiger partial charge in [-0.15, -0.1) is 0 Å². The van der Waals surface area contributed by atoms with E-state index in [1.165, 1.54) is 0 Å². The predicted molar refractivity (Wildman–Crippen MR) is 67.2 cm³/mol. The monoisotopic (exact) mass is 223 g/mol. The standard InChI is InChI=1S/C9H10O2.C4H11N/c1-7(10)8-3-5-9(11-2)6-4-8;1-4-5(2)3/h3-6H,1-2H3;4H2,1-3H3. The highest BCUT2D eigenvalue weighted by Gasteiger charge is 1.97. The molecule has 90 valence electrons. The Bertz CT molecular complexity index is 304. The molecule has 0 saturated heterocycles. The number of methoxy groups -OCH3 is 1. The predicted octanol–water partition coefficient (Wildman–Crippen LogP) is 2.47. The van der Waals surface area contributed by atoms with Gasteiger partial charge >= 0.3 is 0 Å². The zero-order valence-electron chi connectivity index (χ0n) is 10.8. The van der Waals surface area contributed by atoms with Crippen molar-refractivity contribution in [3.63, 3.8) is 0 Å². The van der Waals surface area contributed by atoms with E-state index in [9.17, 15) is 4.79 Å². The third-order valence-corrected chi connectivity index (χ3v) is 2.13. The Labute approximate surface area is 98.0 Å². The molecular weight excluding hydrogens is 202 g/mol. The minimum absolute atomic E-state index is 0.0765. The highest BCUT2D eigenvalue weighted by Crippen LogP contribution is 2.11. The van der Waals surface area contributed by atoms with Gasteiger partial charge in [0.25, 0.3) is 0 Å². The molecule has 0 saturated carbocycles. The summed E-state index contributed by atoms with van der Waals surface area (Å²) in [5.41, 5.74) is 0.714. The molecule has 0 fully saturated rings. The Hall–Kier alpha value is -1.35. The fraction of sp³-hybridized carbons (Fsp3) is 0.462. The summed E-state index contributed by atoms with van der Waals surface area (Å²) in [4.78, 5) is 12.9. The summed E-state index contributed by atoms with van der Waals surface area (Å²) in [5, 5.41) is 0. The lowest BCUT2D eigenvalue weighted by molar-refractivity contribution is 0.101. The van der Waals surface area contributed by atoms with E-state index in [0.29, 0.717) is 5.56 Å². The van der Waals surface area contributed by atoms with Gasteiger partial charge in [0, 0.05) is 5.56 Å². The van der Waals surface area contributed by atoms with E-state index in [-0.39, 0.29) is 5.78 Å². The molecule has 0 amide bonds. The summed E-state index contributed by atoms with van der Waals surface area (Å²) >= 11 is 0. The Kier molecular flexibility index (Phi) is 7.21. The van der Waals surface area contributed by atoms with Crippen molar-refractivity contribution in [2.75, 3.05) is 27.7 Å². The number of benzene rings is 1. The maximum atomic E-state index is 10.8. The quantitative estimate of drug-likeness (QED) is 0.737. The topological polar surface area (TPSA) is 29.5 Å². The zero-order valence-corrected chi connectivity index (χ0v) is 10.8. The number of hydrogen-bond donors (Lipinski definition) is 0. The molecule has 0 spiro atoms. The number of ketones is 1. The van der Waals surface area contributed by atoms with Crippen LogP contribution in [0.3, 0.4) is 0 Å². The Morgan fingerprint density at radius 1 is 1.25 bits per heavy atom. The summed E-state index contributed by atoms with van der Waals surface area (Å²) in [6.45, 7) is 4.81. The van der Waals surface area contributed by atoms with Gasteiger partial charge in [-0.2, -0.15) is 0 Å². The van der Waals surface area contributed by atoms with Gasteiger partial charge in [0.1, 0.15) is 5.75 Å². The van der Waals surface area contributed by atoms with Gasteiger partial charge in [-0.25, -0.2) is 0 Å². The van der Waals surface area contributed by atoms with Crippen LogP contribution in [0.4, 0.5) is 0 Å². The first-order chi connectivity index (χ1) is 7.51. The molecular formula is C13H21NO2. The highest BCUT2D eigenvalue weighted by molar-refractivity contribution is 5.94. The van der Waals surface area contributed by atoms with Crippen molar-refractivity contribution >= 4 is 5.78 Å². The van der Waals surface area contributed by atoms with Crippen LogP contribution in [-0.2, 0) is 0 Å². The molecule has 3 nitrogen and oxygen atoms in total. The summed E-state index contributed by atoms with van der Waals surface area (Å²) < 4.78 is 4.94. The summed E-state index contributed by atoms with van der Waals surface area (Å²) in [7, 11) is 5.71. The van der Waals surface area contributed by atoms with Crippen LogP contribution >= 0.6 is 0 Å². The van der Waals surface area contributed by atoms with E-state index < -0.39 is 0 Å². The first-order valence-corrected chi connectivity index (χ1v) is 5.31.